The molecule has 0 saturated carbocycles. The molecule has 0 amide bonds. The van der Waals surface area contributed by atoms with Crippen LogP contribution in [0.2, 0.25) is 15.1 Å². The zero-order chi connectivity index (χ0) is 13.8. The Morgan fingerprint density at radius 3 is 2.68 bits per heavy atom. The zero-order valence-corrected chi connectivity index (χ0v) is 13.3. The van der Waals surface area contributed by atoms with Crippen LogP contribution in [-0.2, 0) is 0 Å². The fourth-order valence-corrected chi connectivity index (χ4v) is 3.12. The smallest absolute Gasteiger partial charge is 0.0655 e. The molecule has 1 aliphatic rings. The van der Waals surface area contributed by atoms with Crippen LogP contribution in [0, 0.1) is 5.92 Å². The number of anilines is 1. The van der Waals surface area contributed by atoms with Crippen molar-refractivity contribution < 1.29 is 0 Å². The Bertz CT molecular complexity index is 437. The quantitative estimate of drug-likeness (QED) is 0.635. The number of nitrogens with one attached hydrogen (secondary N) is 1. The molecule has 2 nitrogen and oxygen atoms in total. The van der Waals surface area contributed by atoms with Gasteiger partial charge in [-0.05, 0) is 44.0 Å². The van der Waals surface area contributed by atoms with Gasteiger partial charge in [0.2, 0.25) is 0 Å². The van der Waals surface area contributed by atoms with E-state index in [4.69, 9.17) is 34.8 Å². The molecule has 1 heterocycles. The Hall–Kier alpha value is -0.150. The molecule has 1 fully saturated rings. The molecule has 0 aromatic heterocycles. The summed E-state index contributed by atoms with van der Waals surface area (Å²) in [5.41, 5.74) is 0.994. The number of nitrogens with zero attached hydrogens (tertiary/aromatic N) is 1. The molecule has 1 aliphatic heterocycles. The van der Waals surface area contributed by atoms with Gasteiger partial charge in [0.15, 0.2) is 0 Å². The molecular formula is C14H19Cl3N2. The third kappa shape index (κ3) is 3.91. The van der Waals surface area contributed by atoms with Gasteiger partial charge in [-0.2, -0.15) is 0 Å². The maximum absolute atomic E-state index is 6.26. The minimum Gasteiger partial charge on any atom is -0.370 e. The Morgan fingerprint density at radius 2 is 1.95 bits per heavy atom. The second kappa shape index (κ2) is 7.03. The van der Waals surface area contributed by atoms with E-state index in [1.807, 2.05) is 6.07 Å². The highest BCUT2D eigenvalue weighted by molar-refractivity contribution is 6.44. The van der Waals surface area contributed by atoms with Gasteiger partial charge >= 0.3 is 0 Å². The van der Waals surface area contributed by atoms with Crippen molar-refractivity contribution in [1.29, 1.82) is 0 Å². The monoisotopic (exact) mass is 320 g/mol. The van der Waals surface area contributed by atoms with Crippen LogP contribution in [0.3, 0.4) is 0 Å². The third-order valence-corrected chi connectivity index (χ3v) is 4.50. The van der Waals surface area contributed by atoms with Crippen LogP contribution in [-0.4, -0.2) is 26.2 Å². The second-order valence-corrected chi connectivity index (χ2v) is 6.24. The SMILES string of the molecule is CCCNCC1CCN(c2cc(Cl)c(Cl)cc2Cl)C1. The summed E-state index contributed by atoms with van der Waals surface area (Å²) in [5, 5.41) is 5.23. The third-order valence-electron chi connectivity index (χ3n) is 3.48. The van der Waals surface area contributed by atoms with Crippen molar-refractivity contribution in [2.24, 2.45) is 5.92 Å². The van der Waals surface area contributed by atoms with Gasteiger partial charge in [0.05, 0.1) is 20.8 Å². The maximum atomic E-state index is 6.26. The Morgan fingerprint density at radius 1 is 1.21 bits per heavy atom. The summed E-state index contributed by atoms with van der Waals surface area (Å²) in [5.74, 6) is 0.678. The summed E-state index contributed by atoms with van der Waals surface area (Å²) in [7, 11) is 0. The van der Waals surface area contributed by atoms with E-state index in [9.17, 15) is 0 Å². The highest BCUT2D eigenvalue weighted by atomic mass is 35.5. The van der Waals surface area contributed by atoms with E-state index in [-0.39, 0.29) is 0 Å². The molecule has 106 valence electrons. The van der Waals surface area contributed by atoms with Crippen LogP contribution in [0.4, 0.5) is 5.69 Å². The van der Waals surface area contributed by atoms with Crippen molar-refractivity contribution in [3.63, 3.8) is 0 Å². The van der Waals surface area contributed by atoms with Crippen LogP contribution in [0.15, 0.2) is 12.1 Å². The molecule has 19 heavy (non-hydrogen) atoms. The van der Waals surface area contributed by atoms with Crippen LogP contribution >= 0.6 is 34.8 Å². The van der Waals surface area contributed by atoms with Gasteiger partial charge in [-0.3, -0.25) is 0 Å². The van der Waals surface area contributed by atoms with Crippen molar-refractivity contribution in [3.05, 3.63) is 27.2 Å². The molecule has 1 aromatic carbocycles. The van der Waals surface area contributed by atoms with Crippen molar-refractivity contribution in [3.8, 4) is 0 Å². The number of hydrogen-bond acceptors (Lipinski definition) is 2. The minimum absolute atomic E-state index is 0.510. The lowest BCUT2D eigenvalue weighted by Gasteiger charge is -2.21. The van der Waals surface area contributed by atoms with Crippen LogP contribution in [0.5, 0.6) is 0 Å². The zero-order valence-electron chi connectivity index (χ0n) is 11.1. The lowest BCUT2D eigenvalue weighted by Crippen LogP contribution is -2.26. The average molecular weight is 322 g/mol. The molecule has 1 saturated heterocycles. The topological polar surface area (TPSA) is 15.3 Å². The first-order valence-electron chi connectivity index (χ1n) is 6.72. The molecule has 0 spiro atoms. The highest BCUT2D eigenvalue weighted by Crippen LogP contribution is 2.36. The summed E-state index contributed by atoms with van der Waals surface area (Å²) >= 11 is 18.3. The molecule has 0 aliphatic carbocycles. The van der Waals surface area contributed by atoms with E-state index in [1.165, 1.54) is 12.8 Å². The Labute approximate surface area is 130 Å². The number of hydrogen-bond donors (Lipinski definition) is 1. The summed E-state index contributed by atoms with van der Waals surface area (Å²) in [6, 6.07) is 3.59. The summed E-state index contributed by atoms with van der Waals surface area (Å²) in [6.45, 7) is 6.39. The summed E-state index contributed by atoms with van der Waals surface area (Å²) in [6.07, 6.45) is 2.36. The standard InChI is InChI=1S/C14H19Cl3N2/c1-2-4-18-8-10-3-5-19(9-10)14-7-12(16)11(15)6-13(14)17/h6-7,10,18H,2-5,8-9H2,1H3. The largest absolute Gasteiger partial charge is 0.370 e. The van der Waals surface area contributed by atoms with Gasteiger partial charge in [-0.25, -0.2) is 0 Å². The lowest BCUT2D eigenvalue weighted by molar-refractivity contribution is 0.516. The Balaban J connectivity index is 1.99. The van der Waals surface area contributed by atoms with E-state index in [1.54, 1.807) is 6.07 Å². The van der Waals surface area contributed by atoms with E-state index in [0.717, 1.165) is 31.9 Å². The molecule has 5 heteroatoms. The normalized spacial score (nSPS) is 19.2. The first-order valence-corrected chi connectivity index (χ1v) is 7.85. The summed E-state index contributed by atoms with van der Waals surface area (Å²) < 4.78 is 0. The van der Waals surface area contributed by atoms with E-state index >= 15 is 0 Å². The van der Waals surface area contributed by atoms with E-state index < -0.39 is 0 Å². The van der Waals surface area contributed by atoms with Gasteiger partial charge in [0, 0.05) is 13.1 Å². The van der Waals surface area contributed by atoms with Gasteiger partial charge in [-0.1, -0.05) is 41.7 Å². The maximum Gasteiger partial charge on any atom is 0.0655 e. The van der Waals surface area contributed by atoms with Gasteiger partial charge in [-0.15, -0.1) is 0 Å². The highest BCUT2D eigenvalue weighted by Gasteiger charge is 2.24. The molecule has 1 unspecified atom stereocenters. The van der Waals surface area contributed by atoms with Gasteiger partial charge < -0.3 is 10.2 Å². The minimum atomic E-state index is 0.510. The van der Waals surface area contributed by atoms with Crippen LogP contribution in [0.1, 0.15) is 19.8 Å². The first kappa shape index (κ1) is 15.2. The lowest BCUT2D eigenvalue weighted by atomic mass is 10.1. The van der Waals surface area contributed by atoms with Gasteiger partial charge in [0.1, 0.15) is 0 Å². The van der Waals surface area contributed by atoms with Crippen molar-refractivity contribution >= 4 is 40.5 Å². The average Bonchev–Trinajstić information content (AvgIpc) is 2.83. The Kier molecular flexibility index (Phi) is 5.64. The number of rotatable bonds is 5. The molecule has 1 aromatic rings. The second-order valence-electron chi connectivity index (χ2n) is 5.02. The van der Waals surface area contributed by atoms with Crippen LogP contribution < -0.4 is 10.2 Å². The molecule has 0 radical (unpaired) electrons. The predicted molar refractivity (Wildman–Crippen MR) is 85.0 cm³/mol. The van der Waals surface area contributed by atoms with Crippen molar-refractivity contribution in [1.82, 2.24) is 5.32 Å². The van der Waals surface area contributed by atoms with Crippen molar-refractivity contribution in [2.75, 3.05) is 31.1 Å². The first-order chi connectivity index (χ1) is 9.11. The molecule has 0 bridgehead atoms. The number of halogens is 3. The molecular weight excluding hydrogens is 303 g/mol. The van der Waals surface area contributed by atoms with Crippen molar-refractivity contribution in [2.45, 2.75) is 19.8 Å². The predicted octanol–water partition coefficient (Wildman–Crippen LogP) is 4.47. The fraction of sp³-hybridized carbons (Fsp3) is 0.571. The summed E-state index contributed by atoms with van der Waals surface area (Å²) in [4.78, 5) is 2.29. The number of benzene rings is 1. The molecule has 1 atom stereocenters. The fourth-order valence-electron chi connectivity index (χ4n) is 2.46. The van der Waals surface area contributed by atoms with Gasteiger partial charge in [0.25, 0.3) is 0 Å². The van der Waals surface area contributed by atoms with E-state index in [0.29, 0.717) is 21.0 Å². The molecule has 1 N–H and O–H groups in total. The molecule has 2 rings (SSSR count). The van der Waals surface area contributed by atoms with E-state index in [2.05, 4.69) is 17.1 Å². The van der Waals surface area contributed by atoms with Crippen LogP contribution in [0.25, 0.3) is 0 Å².